The maximum atomic E-state index is 15.0. The van der Waals surface area contributed by atoms with Crippen LogP contribution < -0.4 is 10.6 Å². The molecular weight excluding hydrogens is 579 g/mol. The van der Waals surface area contributed by atoms with Gasteiger partial charge in [0.1, 0.15) is 21.4 Å². The predicted molar refractivity (Wildman–Crippen MR) is 146 cm³/mol. The van der Waals surface area contributed by atoms with E-state index in [4.69, 9.17) is 0 Å². The number of nitrogens with zero attached hydrogens (tertiary/aromatic N) is 1. The van der Waals surface area contributed by atoms with Gasteiger partial charge in [-0.15, -0.1) is 0 Å². The minimum Gasteiger partial charge on any atom is -0.336 e. The minimum absolute atomic E-state index is 0.0908. The SMILES string of the molecule is CS(=O)(=O)C[C@H](N[C@@](C#CC1CC1)(c1ccc(-c2ccc(S(C)(=O)=O)cc2)cc1)C(F)(F)F)C(=O)NC1(C#N)CC1. The van der Waals surface area contributed by atoms with E-state index in [0.29, 0.717) is 36.8 Å². The van der Waals surface area contributed by atoms with Crippen LogP contribution in [0.15, 0.2) is 53.4 Å². The molecule has 1 amide bonds. The Balaban J connectivity index is 1.76. The highest BCUT2D eigenvalue weighted by Gasteiger charge is 2.58. The van der Waals surface area contributed by atoms with E-state index in [1.54, 1.807) is 0 Å². The Morgan fingerprint density at radius 1 is 1.00 bits per heavy atom. The molecule has 0 aliphatic heterocycles. The first-order valence-corrected chi connectivity index (χ1v) is 16.6. The highest BCUT2D eigenvalue weighted by atomic mass is 32.2. The van der Waals surface area contributed by atoms with Crippen molar-refractivity contribution in [2.24, 2.45) is 5.92 Å². The third kappa shape index (κ3) is 7.28. The van der Waals surface area contributed by atoms with Crippen LogP contribution in [0.3, 0.4) is 0 Å². The number of sulfone groups is 2. The van der Waals surface area contributed by atoms with Crippen molar-refractivity contribution in [3.63, 3.8) is 0 Å². The quantitative estimate of drug-likeness (QED) is 0.419. The number of nitriles is 1. The van der Waals surface area contributed by atoms with Gasteiger partial charge in [-0.1, -0.05) is 48.2 Å². The van der Waals surface area contributed by atoms with E-state index in [-0.39, 0.29) is 16.4 Å². The van der Waals surface area contributed by atoms with Crippen molar-refractivity contribution >= 4 is 25.6 Å². The lowest BCUT2D eigenvalue weighted by molar-refractivity contribution is -0.184. The molecule has 0 radical (unpaired) electrons. The van der Waals surface area contributed by atoms with E-state index in [1.165, 1.54) is 48.5 Å². The van der Waals surface area contributed by atoms with Gasteiger partial charge in [-0.2, -0.15) is 18.4 Å². The molecule has 2 saturated carbocycles. The number of alkyl halides is 3. The molecule has 2 atom stereocenters. The fourth-order valence-corrected chi connectivity index (χ4v) is 5.68. The average molecular weight is 608 g/mol. The molecule has 0 heterocycles. The third-order valence-electron chi connectivity index (χ3n) is 6.90. The lowest BCUT2D eigenvalue weighted by atomic mass is 9.87. The van der Waals surface area contributed by atoms with Crippen LogP contribution in [0.2, 0.25) is 0 Å². The number of carbonyl (C=O) groups excluding carboxylic acids is 1. The van der Waals surface area contributed by atoms with Crippen LogP contribution in [0.25, 0.3) is 11.1 Å². The maximum absolute atomic E-state index is 15.0. The summed E-state index contributed by atoms with van der Waals surface area (Å²) in [6.07, 6.45) is -1.36. The zero-order valence-electron chi connectivity index (χ0n) is 22.2. The first-order valence-electron chi connectivity index (χ1n) is 12.7. The molecule has 0 unspecified atom stereocenters. The molecule has 4 rings (SSSR count). The fourth-order valence-electron chi connectivity index (χ4n) is 4.21. The number of amides is 1. The van der Waals surface area contributed by atoms with Gasteiger partial charge in [0.05, 0.1) is 16.7 Å². The van der Waals surface area contributed by atoms with E-state index in [9.17, 15) is 26.9 Å². The van der Waals surface area contributed by atoms with Crippen molar-refractivity contribution in [1.29, 1.82) is 5.26 Å². The van der Waals surface area contributed by atoms with Gasteiger partial charge in [0.25, 0.3) is 0 Å². The average Bonchev–Trinajstić information content (AvgIpc) is 3.81. The molecule has 2 fully saturated rings. The van der Waals surface area contributed by atoms with E-state index in [2.05, 4.69) is 22.5 Å². The summed E-state index contributed by atoms with van der Waals surface area (Å²) in [6, 6.07) is 11.1. The molecule has 2 aromatic carbocycles. The normalized spacial score (nSPS) is 18.6. The standard InChI is InChI=1S/C28H28F3N3O5S2/c1-40(36,37)17-24(25(35)34-26(18-32)15-16-26)33-27(28(29,30)31,14-13-19-3-4-19)22-9-5-20(6-10-22)21-7-11-23(12-8-21)41(2,38)39/h5-12,19,24,33H,3-4,15-17H2,1-2H3,(H,34,35)/t24-,27-/m0/s1. The van der Waals surface area contributed by atoms with Crippen molar-refractivity contribution in [3.05, 3.63) is 54.1 Å². The Morgan fingerprint density at radius 2 is 1.54 bits per heavy atom. The summed E-state index contributed by atoms with van der Waals surface area (Å²) in [6.45, 7) is 0. The van der Waals surface area contributed by atoms with Crippen LogP contribution in [-0.2, 0) is 30.0 Å². The number of nitrogens with one attached hydrogen (secondary N) is 2. The molecule has 0 spiro atoms. The van der Waals surface area contributed by atoms with Gasteiger partial charge >= 0.3 is 6.18 Å². The van der Waals surface area contributed by atoms with Crippen LogP contribution in [-0.4, -0.2) is 58.8 Å². The Bertz CT molecular complexity index is 1650. The second-order valence-corrected chi connectivity index (χ2v) is 14.8. The van der Waals surface area contributed by atoms with E-state index in [1.807, 2.05) is 6.07 Å². The molecule has 0 aromatic heterocycles. The topological polar surface area (TPSA) is 133 Å². The molecule has 8 nitrogen and oxygen atoms in total. The second kappa shape index (κ2) is 10.8. The molecule has 13 heteroatoms. The predicted octanol–water partition coefficient (Wildman–Crippen LogP) is 3.10. The molecule has 41 heavy (non-hydrogen) atoms. The van der Waals surface area contributed by atoms with E-state index >= 15 is 13.2 Å². The van der Waals surface area contributed by atoms with Crippen LogP contribution in [0.5, 0.6) is 0 Å². The van der Waals surface area contributed by atoms with Crippen molar-refractivity contribution < 1.29 is 34.8 Å². The third-order valence-corrected chi connectivity index (χ3v) is 8.97. The van der Waals surface area contributed by atoms with Crippen LogP contribution in [0, 0.1) is 29.1 Å². The lowest BCUT2D eigenvalue weighted by Gasteiger charge is -2.36. The molecule has 0 saturated heterocycles. The largest absolute Gasteiger partial charge is 0.422 e. The number of hydrogen-bond donors (Lipinski definition) is 2. The zero-order valence-corrected chi connectivity index (χ0v) is 23.9. The molecule has 2 aliphatic rings. The van der Waals surface area contributed by atoms with Gasteiger partial charge in [-0.05, 0) is 54.5 Å². The Labute approximate surface area is 237 Å². The van der Waals surface area contributed by atoms with Gasteiger partial charge in [-0.25, -0.2) is 16.8 Å². The van der Waals surface area contributed by atoms with Crippen LogP contribution >= 0.6 is 0 Å². The molecule has 0 bridgehead atoms. The lowest BCUT2D eigenvalue weighted by Crippen LogP contribution is -2.62. The summed E-state index contributed by atoms with van der Waals surface area (Å²) in [5.74, 6) is 2.69. The zero-order chi connectivity index (χ0) is 30.3. The Morgan fingerprint density at radius 3 is 1.95 bits per heavy atom. The molecule has 2 N–H and O–H groups in total. The molecular formula is C28H28F3N3O5S2. The summed E-state index contributed by atoms with van der Waals surface area (Å²) in [5, 5.41) is 14.0. The summed E-state index contributed by atoms with van der Waals surface area (Å²) < 4.78 is 93.0. The number of hydrogen-bond acceptors (Lipinski definition) is 7. The van der Waals surface area contributed by atoms with Crippen LogP contribution in [0.4, 0.5) is 13.2 Å². The molecule has 2 aliphatic carbocycles. The highest BCUT2D eigenvalue weighted by Crippen LogP contribution is 2.41. The minimum atomic E-state index is -5.09. The summed E-state index contributed by atoms with van der Waals surface area (Å²) in [7, 11) is -7.39. The van der Waals surface area contributed by atoms with Crippen molar-refractivity contribution in [2.75, 3.05) is 18.3 Å². The van der Waals surface area contributed by atoms with Crippen LogP contribution in [0.1, 0.15) is 31.2 Å². The van der Waals surface area contributed by atoms with Gasteiger partial charge in [0, 0.05) is 18.4 Å². The van der Waals surface area contributed by atoms with Gasteiger partial charge in [-0.3, -0.25) is 10.1 Å². The first kappa shape index (κ1) is 30.6. The van der Waals surface area contributed by atoms with E-state index in [0.717, 1.165) is 12.5 Å². The second-order valence-electron chi connectivity index (χ2n) is 10.6. The Hall–Kier alpha value is -3.39. The van der Waals surface area contributed by atoms with Crippen molar-refractivity contribution in [1.82, 2.24) is 10.6 Å². The monoisotopic (exact) mass is 607 g/mol. The van der Waals surface area contributed by atoms with Gasteiger partial charge in [0.15, 0.2) is 9.84 Å². The number of rotatable bonds is 9. The van der Waals surface area contributed by atoms with Gasteiger partial charge < -0.3 is 5.32 Å². The summed E-state index contributed by atoms with van der Waals surface area (Å²) >= 11 is 0. The highest BCUT2D eigenvalue weighted by molar-refractivity contribution is 7.91. The van der Waals surface area contributed by atoms with Crippen molar-refractivity contribution in [2.45, 2.75) is 53.9 Å². The maximum Gasteiger partial charge on any atom is 0.422 e. The summed E-state index contributed by atoms with van der Waals surface area (Å²) in [4.78, 5) is 13.2. The van der Waals surface area contributed by atoms with E-state index < -0.39 is 54.6 Å². The number of benzene rings is 2. The van der Waals surface area contributed by atoms with Crippen molar-refractivity contribution in [3.8, 4) is 29.0 Å². The summed E-state index contributed by atoms with van der Waals surface area (Å²) in [5.41, 5.74) is -3.65. The number of halogens is 3. The first-order chi connectivity index (χ1) is 19.0. The Kier molecular flexibility index (Phi) is 8.04. The van der Waals surface area contributed by atoms with Gasteiger partial charge in [0.2, 0.25) is 11.4 Å². The molecule has 2 aromatic rings. The smallest absolute Gasteiger partial charge is 0.336 e. The molecule has 218 valence electrons. The fraction of sp³-hybridized carbons (Fsp3) is 0.429. The number of carbonyl (C=O) groups is 1.